The monoisotopic (exact) mass is 595 g/mol. The highest BCUT2D eigenvalue weighted by atomic mass is 32.2. The molecule has 3 fully saturated rings. The third kappa shape index (κ3) is 8.37. The second-order valence-corrected chi connectivity index (χ2v) is 14.7. The third-order valence-corrected chi connectivity index (χ3v) is 10.8. The van der Waals surface area contributed by atoms with Gasteiger partial charge in [-0.25, -0.2) is 0 Å². The Morgan fingerprint density at radius 1 is 1.10 bits per heavy atom. The van der Waals surface area contributed by atoms with Gasteiger partial charge in [0.25, 0.3) is 0 Å². The number of nitrogens with zero attached hydrogens (tertiary/aromatic N) is 2. The van der Waals surface area contributed by atoms with Gasteiger partial charge in [-0.1, -0.05) is 31.9 Å². The van der Waals surface area contributed by atoms with Crippen molar-refractivity contribution in [2.24, 2.45) is 11.8 Å². The van der Waals surface area contributed by atoms with Crippen LogP contribution in [0, 0.1) is 11.8 Å². The van der Waals surface area contributed by atoms with Crippen LogP contribution >= 0.6 is 23.5 Å². The minimum absolute atomic E-state index is 0.0587. The molecule has 8 nitrogen and oxygen atoms in total. The predicted octanol–water partition coefficient (Wildman–Crippen LogP) is 2.44. The summed E-state index contributed by atoms with van der Waals surface area (Å²) in [6.45, 7) is 3.90. The van der Waals surface area contributed by atoms with Gasteiger partial charge in [-0.05, 0) is 89.2 Å². The Labute approximate surface area is 248 Å². The van der Waals surface area contributed by atoms with E-state index >= 15 is 0 Å². The lowest BCUT2D eigenvalue weighted by Gasteiger charge is -2.45. The van der Waals surface area contributed by atoms with Crippen LogP contribution in [-0.2, 0) is 16.0 Å². The molecule has 4 rings (SSSR count). The molecule has 1 amide bonds. The summed E-state index contributed by atoms with van der Waals surface area (Å²) in [6.07, 6.45) is 3.83. The molecule has 0 spiro atoms. The molecule has 0 unspecified atom stereocenters. The summed E-state index contributed by atoms with van der Waals surface area (Å²) in [7, 11) is 6.15. The maximum atomic E-state index is 13.8. The average molecular weight is 596 g/mol. The standard InChI is InChI=1S/C30H49N3O5S2/c1-18(40-22-10-8-19(9-11-22)12-14-32(2)3)24(28-26(35)25(34)27(36)30(38-28)39-5)31-29(37)23-17-21(13-15-33(23)4)16-20-6-7-20/h8-11,18,20-21,23-28,30,34-36H,6-7,12-17H2,1-5H3,(H,31,37)/t18-,21-,23-,24+,25-,26+,27+,28+,30+/m0/s1. The average Bonchev–Trinajstić information content (AvgIpc) is 3.75. The van der Waals surface area contributed by atoms with Crippen LogP contribution in [0.1, 0.15) is 44.6 Å². The van der Waals surface area contributed by atoms with Gasteiger partial charge in [-0.3, -0.25) is 9.69 Å². The van der Waals surface area contributed by atoms with E-state index < -0.39 is 35.9 Å². The fourth-order valence-electron chi connectivity index (χ4n) is 5.97. The molecule has 1 saturated carbocycles. The van der Waals surface area contributed by atoms with Crippen LogP contribution in [0.25, 0.3) is 0 Å². The van der Waals surface area contributed by atoms with Gasteiger partial charge < -0.3 is 30.3 Å². The summed E-state index contributed by atoms with van der Waals surface area (Å²) >= 11 is 2.91. The third-order valence-electron chi connectivity index (χ3n) is 8.75. The molecule has 1 aromatic rings. The Balaban J connectivity index is 1.50. The Morgan fingerprint density at radius 3 is 2.42 bits per heavy atom. The van der Waals surface area contributed by atoms with Crippen LogP contribution in [-0.4, -0.2) is 119 Å². The van der Waals surface area contributed by atoms with Crippen molar-refractivity contribution in [2.75, 3.05) is 40.5 Å². The zero-order valence-corrected chi connectivity index (χ0v) is 26.2. The Morgan fingerprint density at radius 2 is 1.80 bits per heavy atom. The number of ether oxygens (including phenoxy) is 1. The number of aliphatic hydroxyl groups is 3. The number of carbonyl (C=O) groups is 1. The molecule has 2 aliphatic heterocycles. The van der Waals surface area contributed by atoms with E-state index in [0.29, 0.717) is 5.92 Å². The molecule has 0 aromatic heterocycles. The number of carbonyl (C=O) groups excluding carboxylic acids is 1. The maximum absolute atomic E-state index is 13.8. The molecular formula is C30H49N3O5S2. The van der Waals surface area contributed by atoms with Crippen LogP contribution < -0.4 is 5.32 Å². The van der Waals surface area contributed by atoms with E-state index in [-0.39, 0.29) is 17.2 Å². The van der Waals surface area contributed by atoms with Crippen molar-refractivity contribution in [2.45, 2.75) is 97.5 Å². The summed E-state index contributed by atoms with van der Waals surface area (Å²) in [4.78, 5) is 19.2. The molecule has 9 atom stereocenters. The Kier molecular flexibility index (Phi) is 11.7. The first-order valence-corrected chi connectivity index (χ1v) is 16.9. The van der Waals surface area contributed by atoms with E-state index in [1.165, 1.54) is 36.6 Å². The van der Waals surface area contributed by atoms with Crippen LogP contribution in [0.4, 0.5) is 0 Å². The van der Waals surface area contributed by atoms with Gasteiger partial charge in [0.1, 0.15) is 29.9 Å². The smallest absolute Gasteiger partial charge is 0.237 e. The minimum Gasteiger partial charge on any atom is -0.388 e. The zero-order valence-electron chi connectivity index (χ0n) is 24.6. The van der Waals surface area contributed by atoms with Crippen LogP contribution in [0.5, 0.6) is 0 Å². The fourth-order valence-corrected chi connectivity index (χ4v) is 7.74. The van der Waals surface area contributed by atoms with Gasteiger partial charge in [0.05, 0.1) is 12.1 Å². The summed E-state index contributed by atoms with van der Waals surface area (Å²) in [5, 5.41) is 35.3. The van der Waals surface area contributed by atoms with E-state index in [4.69, 9.17) is 4.74 Å². The minimum atomic E-state index is -1.36. The van der Waals surface area contributed by atoms with Crippen LogP contribution in [0.2, 0.25) is 0 Å². The lowest BCUT2D eigenvalue weighted by molar-refractivity contribution is -0.205. The van der Waals surface area contributed by atoms with Gasteiger partial charge in [-0.15, -0.1) is 23.5 Å². The number of likely N-dealkylation sites (N-methyl/N-ethyl adjacent to an activating group) is 2. The molecule has 0 bridgehead atoms. The molecule has 40 heavy (non-hydrogen) atoms. The molecular weight excluding hydrogens is 546 g/mol. The summed E-state index contributed by atoms with van der Waals surface area (Å²) in [5.74, 6) is 1.33. The summed E-state index contributed by atoms with van der Waals surface area (Å²) < 4.78 is 6.18. The van der Waals surface area contributed by atoms with Crippen molar-refractivity contribution >= 4 is 29.4 Å². The number of nitrogens with one attached hydrogen (secondary N) is 1. The number of rotatable bonds is 12. The predicted molar refractivity (Wildman–Crippen MR) is 163 cm³/mol. The fraction of sp³-hybridized carbons (Fsp3) is 0.767. The van der Waals surface area contributed by atoms with Crippen molar-refractivity contribution < 1.29 is 24.9 Å². The van der Waals surface area contributed by atoms with Gasteiger partial charge in [0.2, 0.25) is 5.91 Å². The van der Waals surface area contributed by atoms with E-state index in [1.54, 1.807) is 18.0 Å². The lowest BCUT2D eigenvalue weighted by atomic mass is 9.86. The lowest BCUT2D eigenvalue weighted by Crippen LogP contribution is -2.65. The van der Waals surface area contributed by atoms with Gasteiger partial charge in [0.15, 0.2) is 0 Å². The van der Waals surface area contributed by atoms with Gasteiger partial charge in [0, 0.05) is 16.7 Å². The number of aliphatic hydroxyl groups excluding tert-OH is 3. The summed E-state index contributed by atoms with van der Waals surface area (Å²) in [5.41, 5.74) is 0.568. The first-order valence-electron chi connectivity index (χ1n) is 14.7. The van der Waals surface area contributed by atoms with Crippen LogP contribution in [0.15, 0.2) is 29.2 Å². The summed E-state index contributed by atoms with van der Waals surface area (Å²) in [6, 6.07) is 7.67. The van der Waals surface area contributed by atoms with E-state index in [1.807, 2.05) is 14.0 Å². The Hall–Kier alpha value is -0.850. The topological polar surface area (TPSA) is 106 Å². The number of thioether (sulfide) groups is 2. The van der Waals surface area contributed by atoms with Crippen molar-refractivity contribution in [3.63, 3.8) is 0 Å². The van der Waals surface area contributed by atoms with Crippen molar-refractivity contribution in [3.05, 3.63) is 29.8 Å². The highest BCUT2D eigenvalue weighted by Crippen LogP contribution is 2.39. The molecule has 2 heterocycles. The zero-order chi connectivity index (χ0) is 29.0. The SMILES string of the molecule is CS[C@H]1O[C@H]([C@H](NC(=O)[C@@H]2C[C@H](CC3CC3)CCN2C)[C@H](C)Sc2ccc(CCN(C)C)cc2)[C@H](O)[C@H](O)[C@H]1O. The van der Waals surface area contributed by atoms with E-state index in [9.17, 15) is 20.1 Å². The van der Waals surface area contributed by atoms with Crippen LogP contribution in [0.3, 0.4) is 0 Å². The molecule has 226 valence electrons. The number of piperidine rings is 1. The van der Waals surface area contributed by atoms with Gasteiger partial charge >= 0.3 is 0 Å². The molecule has 1 aliphatic carbocycles. The number of likely N-dealkylation sites (tertiary alicyclic amines) is 1. The van der Waals surface area contributed by atoms with Crippen molar-refractivity contribution in [1.29, 1.82) is 0 Å². The molecule has 0 radical (unpaired) electrons. The van der Waals surface area contributed by atoms with Crippen molar-refractivity contribution in [3.8, 4) is 0 Å². The second-order valence-electron chi connectivity index (χ2n) is 12.3. The normalized spacial score (nSPS) is 33.1. The van der Waals surface area contributed by atoms with Crippen molar-refractivity contribution in [1.82, 2.24) is 15.1 Å². The number of hydrogen-bond acceptors (Lipinski definition) is 9. The van der Waals surface area contributed by atoms with Gasteiger partial charge in [-0.2, -0.15) is 0 Å². The number of amides is 1. The van der Waals surface area contributed by atoms with E-state index in [2.05, 4.69) is 53.5 Å². The highest BCUT2D eigenvalue weighted by molar-refractivity contribution is 8.00. The number of benzene rings is 1. The van der Waals surface area contributed by atoms with E-state index in [0.717, 1.165) is 43.2 Å². The highest BCUT2D eigenvalue weighted by Gasteiger charge is 2.48. The Bertz CT molecular complexity index is 948. The second kappa shape index (κ2) is 14.6. The molecule has 1 aromatic carbocycles. The number of hydrogen-bond donors (Lipinski definition) is 4. The molecule has 3 aliphatic rings. The molecule has 2 saturated heterocycles. The molecule has 4 N–H and O–H groups in total. The molecule has 10 heteroatoms. The maximum Gasteiger partial charge on any atom is 0.237 e. The first kappa shape index (κ1) is 32.1. The largest absolute Gasteiger partial charge is 0.388 e. The first-order chi connectivity index (χ1) is 19.1. The quantitative estimate of drug-likeness (QED) is 0.271.